The largest absolute Gasteiger partial charge is 0.465 e. The number of hydrogen-bond acceptors (Lipinski definition) is 8. The van der Waals surface area contributed by atoms with Crippen molar-refractivity contribution in [3.05, 3.63) is 0 Å². The van der Waals surface area contributed by atoms with Gasteiger partial charge in [0.2, 0.25) is 5.16 Å². The van der Waals surface area contributed by atoms with Gasteiger partial charge >= 0.3 is 5.97 Å². The predicted molar refractivity (Wildman–Crippen MR) is 103 cm³/mol. The Balaban J connectivity index is 1.99. The molecule has 3 atom stereocenters. The van der Waals surface area contributed by atoms with E-state index < -0.39 is 0 Å². The fraction of sp³-hybridized carbons (Fsp3) is 0.824. The zero-order valence-corrected chi connectivity index (χ0v) is 17.4. The zero-order valence-electron chi connectivity index (χ0n) is 16.6. The predicted octanol–water partition coefficient (Wildman–Crippen LogP) is 2.25. The standard InChI is InChI=1S/C17H30N6O3S/c1-5-22(6-2)17(25)27-16-19-20-21-23(16)14-10-8-9-13(11-14)18-12(4)15(24)26-7-3/h12-14,18H,5-11H2,1-4H3. The van der Waals surface area contributed by atoms with Crippen LogP contribution in [0.3, 0.4) is 0 Å². The summed E-state index contributed by atoms with van der Waals surface area (Å²) in [5.41, 5.74) is 0. The highest BCUT2D eigenvalue weighted by Crippen LogP contribution is 2.31. The van der Waals surface area contributed by atoms with E-state index in [-0.39, 0.29) is 29.3 Å². The number of esters is 1. The summed E-state index contributed by atoms with van der Waals surface area (Å²) >= 11 is 1.07. The molecule has 0 radical (unpaired) electrons. The quantitative estimate of drug-likeness (QED) is 0.525. The van der Waals surface area contributed by atoms with E-state index in [1.54, 1.807) is 16.5 Å². The molecule has 1 aromatic rings. The fourth-order valence-electron chi connectivity index (χ4n) is 3.33. The minimum Gasteiger partial charge on any atom is -0.465 e. The van der Waals surface area contributed by atoms with Crippen LogP contribution in [0.5, 0.6) is 0 Å². The second-order valence-electron chi connectivity index (χ2n) is 6.60. The van der Waals surface area contributed by atoms with E-state index in [2.05, 4.69) is 20.8 Å². The number of carbonyl (C=O) groups excluding carboxylic acids is 2. The number of ether oxygens (including phenoxy) is 1. The molecule has 1 amide bonds. The van der Waals surface area contributed by atoms with E-state index in [1.165, 1.54) is 0 Å². The molecule has 0 aliphatic heterocycles. The molecule has 9 nitrogen and oxygen atoms in total. The van der Waals surface area contributed by atoms with Crippen LogP contribution in [0.2, 0.25) is 0 Å². The molecule has 2 rings (SSSR count). The maximum atomic E-state index is 12.4. The highest BCUT2D eigenvalue weighted by atomic mass is 32.2. The van der Waals surface area contributed by atoms with Crippen molar-refractivity contribution in [3.63, 3.8) is 0 Å². The first-order valence-electron chi connectivity index (χ1n) is 9.67. The number of nitrogens with one attached hydrogen (secondary N) is 1. The highest BCUT2D eigenvalue weighted by molar-refractivity contribution is 8.13. The van der Waals surface area contributed by atoms with E-state index in [0.717, 1.165) is 37.4 Å². The molecule has 1 N–H and O–H groups in total. The molecule has 27 heavy (non-hydrogen) atoms. The summed E-state index contributed by atoms with van der Waals surface area (Å²) in [4.78, 5) is 26.0. The van der Waals surface area contributed by atoms with Gasteiger partial charge in [-0.25, -0.2) is 4.68 Å². The lowest BCUT2D eigenvalue weighted by atomic mass is 9.90. The van der Waals surface area contributed by atoms with Crippen molar-refractivity contribution >= 4 is 23.0 Å². The number of carbonyl (C=O) groups is 2. The third kappa shape index (κ3) is 5.90. The van der Waals surface area contributed by atoms with Crippen molar-refractivity contribution in [2.24, 2.45) is 0 Å². The minimum absolute atomic E-state index is 0.0440. The second-order valence-corrected chi connectivity index (χ2v) is 7.52. The lowest BCUT2D eigenvalue weighted by Crippen LogP contribution is -2.44. The molecule has 1 saturated carbocycles. The van der Waals surface area contributed by atoms with Crippen LogP contribution >= 0.6 is 11.8 Å². The Hall–Kier alpha value is -1.68. The SMILES string of the molecule is CCOC(=O)C(C)NC1CCCC(n2nnnc2SC(=O)N(CC)CC)C1. The van der Waals surface area contributed by atoms with Gasteiger partial charge in [0.05, 0.1) is 12.6 Å². The Kier molecular flexibility index (Phi) is 8.49. The minimum atomic E-state index is -0.347. The number of amides is 1. The molecule has 1 aromatic heterocycles. The number of rotatable bonds is 8. The van der Waals surface area contributed by atoms with E-state index in [0.29, 0.717) is 24.9 Å². The van der Waals surface area contributed by atoms with E-state index in [1.807, 2.05) is 20.8 Å². The van der Waals surface area contributed by atoms with E-state index in [4.69, 9.17) is 4.74 Å². The van der Waals surface area contributed by atoms with Gasteiger partial charge in [-0.05, 0) is 63.8 Å². The summed E-state index contributed by atoms with van der Waals surface area (Å²) < 4.78 is 6.83. The second kappa shape index (κ2) is 10.6. The molecule has 0 bridgehead atoms. The van der Waals surface area contributed by atoms with E-state index in [9.17, 15) is 9.59 Å². The molecule has 0 spiro atoms. The van der Waals surface area contributed by atoms with Gasteiger partial charge in [0.25, 0.3) is 5.24 Å². The lowest BCUT2D eigenvalue weighted by molar-refractivity contribution is -0.145. The van der Waals surface area contributed by atoms with Gasteiger partial charge in [-0.2, -0.15) is 0 Å². The van der Waals surface area contributed by atoms with Crippen LogP contribution in [0.4, 0.5) is 4.79 Å². The van der Waals surface area contributed by atoms with Crippen LogP contribution in [0.25, 0.3) is 0 Å². The highest BCUT2D eigenvalue weighted by Gasteiger charge is 2.29. The lowest BCUT2D eigenvalue weighted by Gasteiger charge is -2.31. The van der Waals surface area contributed by atoms with Crippen molar-refractivity contribution in [1.82, 2.24) is 30.4 Å². The van der Waals surface area contributed by atoms with Gasteiger partial charge in [0.1, 0.15) is 6.04 Å². The Labute approximate surface area is 164 Å². The monoisotopic (exact) mass is 398 g/mol. The molecule has 1 heterocycles. The van der Waals surface area contributed by atoms with E-state index >= 15 is 0 Å². The van der Waals surface area contributed by atoms with Crippen LogP contribution in [0.15, 0.2) is 5.16 Å². The third-order valence-electron chi connectivity index (χ3n) is 4.78. The van der Waals surface area contributed by atoms with Crippen molar-refractivity contribution in [2.45, 2.75) is 76.7 Å². The van der Waals surface area contributed by atoms with Crippen LogP contribution in [-0.4, -0.2) is 68.1 Å². The zero-order chi connectivity index (χ0) is 19.8. The number of nitrogens with zero attached hydrogens (tertiary/aromatic N) is 5. The van der Waals surface area contributed by atoms with Crippen LogP contribution < -0.4 is 5.32 Å². The molecule has 1 aliphatic rings. The molecular weight excluding hydrogens is 368 g/mol. The summed E-state index contributed by atoms with van der Waals surface area (Å²) in [5, 5.41) is 15.8. The first-order chi connectivity index (χ1) is 13.0. The summed E-state index contributed by atoms with van der Waals surface area (Å²) in [6, 6.07) is -0.0583. The molecule has 1 fully saturated rings. The summed E-state index contributed by atoms with van der Waals surface area (Å²) in [7, 11) is 0. The van der Waals surface area contributed by atoms with Crippen molar-refractivity contribution in [2.75, 3.05) is 19.7 Å². The number of tetrazole rings is 1. The van der Waals surface area contributed by atoms with Gasteiger partial charge in [-0.3, -0.25) is 9.59 Å². The van der Waals surface area contributed by atoms with Gasteiger partial charge in [-0.15, -0.1) is 5.10 Å². The summed E-state index contributed by atoms with van der Waals surface area (Å²) in [6.07, 6.45) is 3.75. The van der Waals surface area contributed by atoms with Crippen LogP contribution in [0.1, 0.15) is 59.4 Å². The van der Waals surface area contributed by atoms with Crippen LogP contribution in [0, 0.1) is 0 Å². The number of hydrogen-bond donors (Lipinski definition) is 1. The maximum Gasteiger partial charge on any atom is 0.322 e. The molecule has 1 aliphatic carbocycles. The Morgan fingerprint density at radius 1 is 1.33 bits per heavy atom. The molecule has 3 unspecified atom stereocenters. The first-order valence-corrected chi connectivity index (χ1v) is 10.5. The van der Waals surface area contributed by atoms with Crippen molar-refractivity contribution in [1.29, 1.82) is 0 Å². The molecule has 0 aromatic carbocycles. The Morgan fingerprint density at radius 2 is 2.07 bits per heavy atom. The van der Waals surface area contributed by atoms with Crippen LogP contribution in [-0.2, 0) is 9.53 Å². The smallest absolute Gasteiger partial charge is 0.322 e. The van der Waals surface area contributed by atoms with Crippen molar-refractivity contribution in [3.8, 4) is 0 Å². The maximum absolute atomic E-state index is 12.4. The van der Waals surface area contributed by atoms with Gasteiger partial charge in [0, 0.05) is 30.9 Å². The topological polar surface area (TPSA) is 102 Å². The summed E-state index contributed by atoms with van der Waals surface area (Å²) in [6.45, 7) is 9.22. The fourth-order valence-corrected chi connectivity index (χ4v) is 4.23. The molecular formula is C17H30N6O3S. The normalized spacial score (nSPS) is 20.9. The Morgan fingerprint density at radius 3 is 2.74 bits per heavy atom. The average Bonchev–Trinajstić information content (AvgIpc) is 3.11. The molecule has 10 heteroatoms. The average molecular weight is 399 g/mol. The van der Waals surface area contributed by atoms with Gasteiger partial charge < -0.3 is 15.0 Å². The van der Waals surface area contributed by atoms with Gasteiger partial charge in [0.15, 0.2) is 0 Å². The number of thioether (sulfide) groups is 1. The molecule has 0 saturated heterocycles. The van der Waals surface area contributed by atoms with Gasteiger partial charge in [-0.1, -0.05) is 0 Å². The third-order valence-corrected chi connectivity index (χ3v) is 5.67. The number of aromatic nitrogens is 4. The first kappa shape index (κ1) is 21.6. The molecule has 152 valence electrons. The van der Waals surface area contributed by atoms with Crippen molar-refractivity contribution < 1.29 is 14.3 Å². The summed E-state index contributed by atoms with van der Waals surface area (Å²) in [5.74, 6) is -0.233. The Bertz CT molecular complexity index is 622.